The van der Waals surface area contributed by atoms with Crippen LogP contribution in [0.3, 0.4) is 0 Å². The van der Waals surface area contributed by atoms with E-state index in [4.69, 9.17) is 18.3 Å². The van der Waals surface area contributed by atoms with Gasteiger partial charge in [-0.15, -0.1) is 0 Å². The predicted octanol–water partition coefficient (Wildman–Crippen LogP) is 4.72. The number of esters is 1. The first-order valence-electron chi connectivity index (χ1n) is 11.1. The van der Waals surface area contributed by atoms with Crippen LogP contribution in [-0.4, -0.2) is 18.2 Å². The lowest BCUT2D eigenvalue weighted by molar-refractivity contribution is -0.135. The number of ether oxygens (including phenoxy) is 2. The second-order valence-electron chi connectivity index (χ2n) is 8.44. The van der Waals surface area contributed by atoms with Gasteiger partial charge in [-0.1, -0.05) is 30.3 Å². The molecule has 0 amide bonds. The van der Waals surface area contributed by atoms with Crippen LogP contribution in [0.2, 0.25) is 0 Å². The van der Waals surface area contributed by atoms with E-state index in [0.29, 0.717) is 27.8 Å². The van der Waals surface area contributed by atoms with E-state index in [9.17, 15) is 19.5 Å². The number of benzene rings is 3. The summed E-state index contributed by atoms with van der Waals surface area (Å²) in [6.07, 6.45) is 2.42. The van der Waals surface area contributed by atoms with E-state index in [1.165, 1.54) is 25.7 Å². The minimum absolute atomic E-state index is 0.0157. The number of phenolic OH excluding ortho intramolecular Hbond substituents is 1. The second-order valence-corrected chi connectivity index (χ2v) is 8.44. The number of fused-ring (bicyclic) bond motifs is 4. The molecule has 0 saturated carbocycles. The lowest BCUT2D eigenvalue weighted by Gasteiger charge is -2.25. The molecule has 178 valence electrons. The highest BCUT2D eigenvalue weighted by Crippen LogP contribution is 2.45. The number of methoxy groups -OCH3 is 1. The molecule has 5 aromatic rings. The van der Waals surface area contributed by atoms with Crippen molar-refractivity contribution in [2.75, 3.05) is 7.11 Å². The molecule has 8 heteroatoms. The Morgan fingerprint density at radius 1 is 0.917 bits per heavy atom. The van der Waals surface area contributed by atoms with Crippen molar-refractivity contribution < 1.29 is 28.2 Å². The van der Waals surface area contributed by atoms with Gasteiger partial charge >= 0.3 is 5.97 Å². The summed E-state index contributed by atoms with van der Waals surface area (Å²) in [5, 5.41) is 11.0. The van der Waals surface area contributed by atoms with Gasteiger partial charge in [0.15, 0.2) is 5.43 Å². The van der Waals surface area contributed by atoms with E-state index in [0.717, 1.165) is 0 Å². The lowest BCUT2D eigenvalue weighted by Crippen LogP contribution is -2.25. The van der Waals surface area contributed by atoms with Gasteiger partial charge in [0.05, 0.1) is 30.7 Å². The Balaban J connectivity index is 1.64. The largest absolute Gasteiger partial charge is 0.507 e. The van der Waals surface area contributed by atoms with Gasteiger partial charge in [0.2, 0.25) is 5.43 Å². The smallest absolute Gasteiger partial charge is 0.312 e. The van der Waals surface area contributed by atoms with E-state index in [-0.39, 0.29) is 39.7 Å². The third kappa shape index (κ3) is 3.19. The third-order valence-corrected chi connectivity index (χ3v) is 6.45. The predicted molar refractivity (Wildman–Crippen MR) is 131 cm³/mol. The zero-order valence-corrected chi connectivity index (χ0v) is 18.9. The van der Waals surface area contributed by atoms with Crippen LogP contribution >= 0.6 is 0 Å². The number of carbonyl (C=O) groups is 1. The minimum Gasteiger partial charge on any atom is -0.507 e. The monoisotopic (exact) mass is 482 g/mol. The number of hydrogen-bond acceptors (Lipinski definition) is 8. The number of hydrogen-bond donors (Lipinski definition) is 1. The summed E-state index contributed by atoms with van der Waals surface area (Å²) >= 11 is 0. The lowest BCUT2D eigenvalue weighted by atomic mass is 9.85. The van der Waals surface area contributed by atoms with Gasteiger partial charge in [-0.3, -0.25) is 14.4 Å². The Morgan fingerprint density at radius 3 is 2.53 bits per heavy atom. The fourth-order valence-electron chi connectivity index (χ4n) is 4.78. The minimum atomic E-state index is -0.814. The van der Waals surface area contributed by atoms with Crippen molar-refractivity contribution >= 4 is 27.9 Å². The first kappa shape index (κ1) is 21.7. The van der Waals surface area contributed by atoms with Gasteiger partial charge < -0.3 is 23.4 Å². The summed E-state index contributed by atoms with van der Waals surface area (Å²) in [7, 11) is 1.49. The Morgan fingerprint density at radius 2 is 1.69 bits per heavy atom. The van der Waals surface area contributed by atoms with Crippen LogP contribution in [0.1, 0.15) is 23.5 Å². The molecule has 0 unspecified atom stereocenters. The third-order valence-electron chi connectivity index (χ3n) is 6.45. The topological polar surface area (TPSA) is 116 Å². The molecule has 0 radical (unpaired) electrons. The average Bonchev–Trinajstić information content (AvgIpc) is 2.88. The summed E-state index contributed by atoms with van der Waals surface area (Å²) < 4.78 is 22.4. The standard InChI is InChI=1S/C28H18O8/c1-33-20-8-4-2-6-14(20)17-13-35-28-24-16(18-12-34-21-9-5-3-7-15(21)26(18)31)10-23(30)36-22(24)11-19(29)25(28)27(17)32/h2-9,11-13,16,29H,10H2,1H3/t16-/m0/s1. The Labute approximate surface area is 202 Å². The SMILES string of the molecule is COc1ccccc1-c1coc2c3c(cc(O)c2c1=O)OC(=O)C[C@H]3c1coc2ccccc2c1=O. The van der Waals surface area contributed by atoms with E-state index >= 15 is 0 Å². The van der Waals surface area contributed by atoms with Crippen LogP contribution in [0.4, 0.5) is 0 Å². The van der Waals surface area contributed by atoms with Crippen molar-refractivity contribution in [3.8, 4) is 28.4 Å². The zero-order chi connectivity index (χ0) is 25.0. The summed E-state index contributed by atoms with van der Waals surface area (Å²) in [6.45, 7) is 0. The molecule has 36 heavy (non-hydrogen) atoms. The van der Waals surface area contributed by atoms with E-state index in [1.54, 1.807) is 48.5 Å². The van der Waals surface area contributed by atoms with Crippen LogP contribution < -0.4 is 20.3 Å². The molecule has 0 saturated heterocycles. The van der Waals surface area contributed by atoms with Gasteiger partial charge in [0.1, 0.15) is 40.1 Å². The number of phenols is 1. The molecule has 2 aromatic heterocycles. The molecule has 8 nitrogen and oxygen atoms in total. The van der Waals surface area contributed by atoms with Gasteiger partial charge in [-0.2, -0.15) is 0 Å². The van der Waals surface area contributed by atoms with Crippen LogP contribution in [0.5, 0.6) is 17.2 Å². The van der Waals surface area contributed by atoms with E-state index < -0.39 is 23.1 Å². The molecule has 0 bridgehead atoms. The van der Waals surface area contributed by atoms with Crippen LogP contribution in [0, 0.1) is 0 Å². The van der Waals surface area contributed by atoms with Gasteiger partial charge in [0.25, 0.3) is 0 Å². The molecule has 1 aliphatic heterocycles. The summed E-state index contributed by atoms with van der Waals surface area (Å²) in [6, 6.07) is 14.9. The number of aromatic hydroxyl groups is 1. The van der Waals surface area contributed by atoms with Crippen molar-refractivity contribution in [2.45, 2.75) is 12.3 Å². The Kier molecular flexibility index (Phi) is 4.89. The number of rotatable bonds is 3. The molecule has 1 atom stereocenters. The summed E-state index contributed by atoms with van der Waals surface area (Å²) in [5.74, 6) is -1.34. The fourth-order valence-corrected chi connectivity index (χ4v) is 4.78. The second kappa shape index (κ2) is 8.13. The first-order chi connectivity index (χ1) is 17.5. The van der Waals surface area contributed by atoms with Crippen molar-refractivity contribution in [1.29, 1.82) is 0 Å². The summed E-state index contributed by atoms with van der Waals surface area (Å²) in [5.41, 5.74) is 0.838. The molecule has 3 heterocycles. The molecule has 0 aliphatic carbocycles. The van der Waals surface area contributed by atoms with E-state index in [2.05, 4.69) is 0 Å². The number of para-hydroxylation sites is 2. The molecule has 1 aliphatic rings. The van der Waals surface area contributed by atoms with Crippen molar-refractivity contribution in [3.05, 3.63) is 98.7 Å². The maximum absolute atomic E-state index is 13.6. The normalized spacial score (nSPS) is 15.0. The van der Waals surface area contributed by atoms with Gasteiger partial charge in [0, 0.05) is 28.7 Å². The van der Waals surface area contributed by atoms with Crippen molar-refractivity contribution in [2.24, 2.45) is 0 Å². The van der Waals surface area contributed by atoms with Gasteiger partial charge in [-0.25, -0.2) is 0 Å². The highest BCUT2D eigenvalue weighted by molar-refractivity contribution is 5.94. The highest BCUT2D eigenvalue weighted by atomic mass is 16.5. The van der Waals surface area contributed by atoms with Gasteiger partial charge in [-0.05, 0) is 18.2 Å². The maximum Gasteiger partial charge on any atom is 0.312 e. The molecule has 3 aromatic carbocycles. The molecule has 0 fully saturated rings. The van der Waals surface area contributed by atoms with Crippen LogP contribution in [-0.2, 0) is 4.79 Å². The van der Waals surface area contributed by atoms with E-state index in [1.807, 2.05) is 0 Å². The highest BCUT2D eigenvalue weighted by Gasteiger charge is 2.35. The molecular weight excluding hydrogens is 464 g/mol. The first-order valence-corrected chi connectivity index (χ1v) is 11.1. The molecular formula is C28H18O8. The summed E-state index contributed by atoms with van der Waals surface area (Å²) in [4.78, 5) is 39.4. The van der Waals surface area contributed by atoms with Crippen LogP contribution in [0.15, 0.2) is 85.5 Å². The van der Waals surface area contributed by atoms with Crippen molar-refractivity contribution in [1.82, 2.24) is 0 Å². The number of carbonyl (C=O) groups excluding carboxylic acids is 1. The molecule has 1 N–H and O–H groups in total. The Bertz CT molecular complexity index is 1810. The molecule has 0 spiro atoms. The quantitative estimate of drug-likeness (QED) is 0.290. The fraction of sp³-hybridized carbons (Fsp3) is 0.107. The molecule has 6 rings (SSSR count). The average molecular weight is 482 g/mol. The Hall–Kier alpha value is -4.85. The maximum atomic E-state index is 13.6. The van der Waals surface area contributed by atoms with Crippen LogP contribution in [0.25, 0.3) is 33.1 Å². The zero-order valence-electron chi connectivity index (χ0n) is 18.9. The van der Waals surface area contributed by atoms with Crippen molar-refractivity contribution in [3.63, 3.8) is 0 Å².